The highest BCUT2D eigenvalue weighted by Crippen LogP contribution is 2.28. The van der Waals surface area contributed by atoms with Gasteiger partial charge in [-0.25, -0.2) is 0 Å². The number of hydrogen-bond acceptors (Lipinski definition) is 4. The van der Waals surface area contributed by atoms with Crippen molar-refractivity contribution in [2.75, 3.05) is 31.1 Å². The SMILES string of the molecule is CC(N)Cc1ccc(N2CCN3CCC2CC3)cc1C(N)=O. The van der Waals surface area contributed by atoms with Gasteiger partial charge in [0.2, 0.25) is 5.91 Å². The number of anilines is 1. The van der Waals surface area contributed by atoms with Crippen LogP contribution in [0.2, 0.25) is 0 Å². The van der Waals surface area contributed by atoms with Crippen molar-refractivity contribution in [3.8, 4) is 0 Å². The van der Waals surface area contributed by atoms with Crippen molar-refractivity contribution in [2.24, 2.45) is 11.5 Å². The number of nitrogens with zero attached hydrogens (tertiary/aromatic N) is 2. The third-order valence-electron chi connectivity index (χ3n) is 4.89. The highest BCUT2D eigenvalue weighted by Gasteiger charge is 2.29. The molecule has 3 aliphatic rings. The molecule has 0 aromatic heterocycles. The van der Waals surface area contributed by atoms with Gasteiger partial charge in [0.25, 0.3) is 0 Å². The topological polar surface area (TPSA) is 75.6 Å². The van der Waals surface area contributed by atoms with Crippen molar-refractivity contribution >= 4 is 11.6 Å². The maximum Gasteiger partial charge on any atom is 0.249 e. The molecule has 1 aromatic carbocycles. The van der Waals surface area contributed by atoms with Gasteiger partial charge in [-0.1, -0.05) is 6.07 Å². The van der Waals surface area contributed by atoms with Crippen LogP contribution in [0.5, 0.6) is 0 Å². The van der Waals surface area contributed by atoms with E-state index in [0.29, 0.717) is 18.0 Å². The maximum absolute atomic E-state index is 11.8. The number of benzene rings is 1. The Hall–Kier alpha value is -1.59. The lowest BCUT2D eigenvalue weighted by Gasteiger charge is -2.33. The third-order valence-corrected chi connectivity index (χ3v) is 4.89. The van der Waals surface area contributed by atoms with Gasteiger partial charge in [-0.2, -0.15) is 0 Å². The lowest BCUT2D eigenvalue weighted by molar-refractivity contribution is 0.0999. The van der Waals surface area contributed by atoms with Crippen molar-refractivity contribution in [3.05, 3.63) is 29.3 Å². The van der Waals surface area contributed by atoms with E-state index < -0.39 is 0 Å². The molecule has 0 aliphatic carbocycles. The van der Waals surface area contributed by atoms with E-state index in [1.807, 2.05) is 19.1 Å². The van der Waals surface area contributed by atoms with Gasteiger partial charge in [-0.15, -0.1) is 0 Å². The molecule has 3 saturated heterocycles. The van der Waals surface area contributed by atoms with E-state index in [1.54, 1.807) is 0 Å². The van der Waals surface area contributed by atoms with Gasteiger partial charge in [-0.05, 0) is 43.9 Å². The van der Waals surface area contributed by atoms with Gasteiger partial charge in [0.1, 0.15) is 0 Å². The molecule has 3 fully saturated rings. The zero-order valence-corrected chi connectivity index (χ0v) is 13.3. The average molecular weight is 302 g/mol. The van der Waals surface area contributed by atoms with Gasteiger partial charge in [0.15, 0.2) is 0 Å². The first-order valence-electron chi connectivity index (χ1n) is 8.22. The summed E-state index contributed by atoms with van der Waals surface area (Å²) in [6.07, 6.45) is 3.08. The molecule has 5 heteroatoms. The van der Waals surface area contributed by atoms with E-state index in [4.69, 9.17) is 11.5 Å². The standard InChI is InChI=1S/C17H26N4O/c1-12(18)10-13-2-3-15(11-16(13)17(19)22)21-9-8-20-6-4-14(21)5-7-20/h2-3,11-12,14H,4-10,18H2,1H3,(H2,19,22). The molecule has 2 bridgehead atoms. The summed E-state index contributed by atoms with van der Waals surface area (Å²) in [7, 11) is 0. The highest BCUT2D eigenvalue weighted by molar-refractivity contribution is 5.95. The first kappa shape index (κ1) is 15.3. The Morgan fingerprint density at radius 3 is 2.64 bits per heavy atom. The number of piperidine rings is 1. The van der Waals surface area contributed by atoms with Gasteiger partial charge in [0.05, 0.1) is 0 Å². The second-order valence-electron chi connectivity index (χ2n) is 6.65. The van der Waals surface area contributed by atoms with Gasteiger partial charge >= 0.3 is 0 Å². The maximum atomic E-state index is 11.8. The minimum atomic E-state index is -0.361. The van der Waals surface area contributed by atoms with Crippen molar-refractivity contribution in [2.45, 2.75) is 38.3 Å². The van der Waals surface area contributed by atoms with Crippen LogP contribution >= 0.6 is 0 Å². The molecule has 3 heterocycles. The number of amides is 1. The smallest absolute Gasteiger partial charge is 0.249 e. The Morgan fingerprint density at radius 1 is 1.27 bits per heavy atom. The molecular formula is C17H26N4O. The van der Waals surface area contributed by atoms with Crippen LogP contribution in [-0.2, 0) is 6.42 Å². The Bertz CT molecular complexity index is 550. The first-order chi connectivity index (χ1) is 10.5. The van der Waals surface area contributed by atoms with Gasteiger partial charge < -0.3 is 21.3 Å². The number of rotatable bonds is 4. The van der Waals surface area contributed by atoms with E-state index in [9.17, 15) is 4.79 Å². The minimum Gasteiger partial charge on any atom is -0.367 e. The molecule has 0 radical (unpaired) electrons. The van der Waals surface area contributed by atoms with Crippen molar-refractivity contribution in [3.63, 3.8) is 0 Å². The van der Waals surface area contributed by atoms with Crippen molar-refractivity contribution < 1.29 is 4.79 Å². The van der Waals surface area contributed by atoms with Gasteiger partial charge in [-0.3, -0.25) is 4.79 Å². The molecule has 5 nitrogen and oxygen atoms in total. The fourth-order valence-corrected chi connectivity index (χ4v) is 3.72. The van der Waals surface area contributed by atoms with Crippen LogP contribution < -0.4 is 16.4 Å². The quantitative estimate of drug-likeness (QED) is 0.868. The largest absolute Gasteiger partial charge is 0.367 e. The Labute approximate surface area is 132 Å². The number of primary amides is 1. The lowest BCUT2D eigenvalue weighted by Crippen LogP contribution is -2.38. The molecule has 3 aliphatic heterocycles. The van der Waals surface area contributed by atoms with E-state index in [-0.39, 0.29) is 11.9 Å². The lowest BCUT2D eigenvalue weighted by atomic mass is 9.98. The van der Waals surface area contributed by atoms with Gasteiger partial charge in [0, 0.05) is 49.5 Å². The third kappa shape index (κ3) is 3.10. The summed E-state index contributed by atoms with van der Waals surface area (Å²) in [5.41, 5.74) is 14.2. The van der Waals surface area contributed by atoms with Crippen molar-refractivity contribution in [1.29, 1.82) is 0 Å². The fourth-order valence-electron chi connectivity index (χ4n) is 3.72. The van der Waals surface area contributed by atoms with E-state index in [1.165, 1.54) is 25.9 Å². The van der Waals surface area contributed by atoms with Crippen LogP contribution in [0.25, 0.3) is 0 Å². The molecule has 1 aromatic rings. The molecule has 0 saturated carbocycles. The molecule has 1 atom stereocenters. The average Bonchev–Trinajstić information content (AvgIpc) is 2.80. The summed E-state index contributed by atoms with van der Waals surface area (Å²) in [6.45, 7) is 6.44. The normalized spacial score (nSPS) is 25.8. The predicted octanol–water partition coefficient (Wildman–Crippen LogP) is 0.960. The van der Waals surface area contributed by atoms with Crippen LogP contribution in [0.3, 0.4) is 0 Å². The second-order valence-corrected chi connectivity index (χ2v) is 6.65. The van der Waals surface area contributed by atoms with Crippen LogP contribution in [0.15, 0.2) is 18.2 Å². The molecular weight excluding hydrogens is 276 g/mol. The zero-order valence-electron chi connectivity index (χ0n) is 13.3. The van der Waals surface area contributed by atoms with E-state index in [0.717, 1.165) is 24.3 Å². The number of carbonyl (C=O) groups is 1. The summed E-state index contributed by atoms with van der Waals surface area (Å²) >= 11 is 0. The molecule has 4 rings (SSSR count). The van der Waals surface area contributed by atoms with Crippen LogP contribution in [0.1, 0.15) is 35.7 Å². The van der Waals surface area contributed by atoms with Crippen LogP contribution in [0, 0.1) is 0 Å². The highest BCUT2D eigenvalue weighted by atomic mass is 16.1. The minimum absolute atomic E-state index is 0.0190. The second kappa shape index (κ2) is 6.26. The first-order valence-corrected chi connectivity index (χ1v) is 8.22. The number of nitrogens with two attached hydrogens (primary N) is 2. The predicted molar refractivity (Wildman–Crippen MR) is 89.1 cm³/mol. The van der Waals surface area contributed by atoms with E-state index in [2.05, 4.69) is 15.9 Å². The summed E-state index contributed by atoms with van der Waals surface area (Å²) in [5.74, 6) is -0.361. The molecule has 4 N–H and O–H groups in total. The monoisotopic (exact) mass is 302 g/mol. The molecule has 1 unspecified atom stereocenters. The Morgan fingerprint density at radius 2 is 2.00 bits per heavy atom. The summed E-state index contributed by atoms with van der Waals surface area (Å²) in [5, 5.41) is 0. The summed E-state index contributed by atoms with van der Waals surface area (Å²) < 4.78 is 0. The molecule has 120 valence electrons. The van der Waals surface area contributed by atoms with Crippen LogP contribution in [-0.4, -0.2) is 49.1 Å². The molecule has 1 amide bonds. The Kier molecular flexibility index (Phi) is 4.36. The van der Waals surface area contributed by atoms with Crippen LogP contribution in [0.4, 0.5) is 5.69 Å². The number of carbonyl (C=O) groups excluding carboxylic acids is 1. The Balaban J connectivity index is 1.90. The van der Waals surface area contributed by atoms with E-state index >= 15 is 0 Å². The molecule has 22 heavy (non-hydrogen) atoms. The van der Waals surface area contributed by atoms with Crippen molar-refractivity contribution in [1.82, 2.24) is 4.90 Å². The summed E-state index contributed by atoms with van der Waals surface area (Å²) in [4.78, 5) is 16.8. The number of fused-ring (bicyclic) bond motifs is 4. The fraction of sp³-hybridized carbons (Fsp3) is 0.588. The molecule has 0 spiro atoms. The number of hydrogen-bond donors (Lipinski definition) is 2. The zero-order chi connectivity index (χ0) is 15.7. The summed E-state index contributed by atoms with van der Waals surface area (Å²) in [6, 6.07) is 6.71.